The fourth-order valence-electron chi connectivity index (χ4n) is 2.36. The van der Waals surface area contributed by atoms with Crippen molar-refractivity contribution in [1.29, 1.82) is 0 Å². The highest BCUT2D eigenvalue weighted by molar-refractivity contribution is 5.21. The van der Waals surface area contributed by atoms with Crippen molar-refractivity contribution in [2.75, 3.05) is 19.8 Å². The highest BCUT2D eigenvalue weighted by Crippen LogP contribution is 2.40. The number of benzene rings is 1. The van der Waals surface area contributed by atoms with Crippen molar-refractivity contribution in [3.63, 3.8) is 0 Å². The molecule has 16 heavy (non-hydrogen) atoms. The van der Waals surface area contributed by atoms with E-state index in [9.17, 15) is 5.11 Å². The molecule has 1 unspecified atom stereocenters. The van der Waals surface area contributed by atoms with Crippen LogP contribution in [0.3, 0.4) is 0 Å². The molecule has 2 rings (SSSR count). The zero-order valence-corrected chi connectivity index (χ0v) is 9.43. The Bertz CT molecular complexity index is 320. The van der Waals surface area contributed by atoms with Crippen LogP contribution in [0.1, 0.15) is 24.4 Å². The number of hydrogen-bond acceptors (Lipinski definition) is 3. The van der Waals surface area contributed by atoms with Crippen LogP contribution in [0.15, 0.2) is 30.3 Å². The molecular formula is C13H19NO2. The summed E-state index contributed by atoms with van der Waals surface area (Å²) in [6.07, 6.45) is 1.67. The molecule has 1 aromatic rings. The van der Waals surface area contributed by atoms with Gasteiger partial charge in [0.05, 0.1) is 6.61 Å². The number of aliphatic hydroxyl groups is 1. The average Bonchev–Trinajstić information content (AvgIpc) is 2.39. The molecule has 1 aliphatic heterocycles. The van der Waals surface area contributed by atoms with Crippen LogP contribution >= 0.6 is 0 Å². The van der Waals surface area contributed by atoms with Crippen LogP contribution in [0.25, 0.3) is 0 Å². The van der Waals surface area contributed by atoms with Gasteiger partial charge in [0.2, 0.25) is 0 Å². The second-order valence-corrected chi connectivity index (χ2v) is 4.52. The third-order valence-corrected chi connectivity index (χ3v) is 3.62. The Balaban J connectivity index is 2.20. The van der Waals surface area contributed by atoms with Crippen molar-refractivity contribution in [3.8, 4) is 0 Å². The molecule has 1 aliphatic rings. The van der Waals surface area contributed by atoms with Crippen molar-refractivity contribution < 1.29 is 9.84 Å². The maximum absolute atomic E-state index is 9.64. The van der Waals surface area contributed by atoms with Crippen LogP contribution in [0.5, 0.6) is 0 Å². The minimum Gasteiger partial charge on any atom is -0.396 e. The van der Waals surface area contributed by atoms with Gasteiger partial charge in [-0.1, -0.05) is 30.3 Å². The second kappa shape index (κ2) is 4.95. The van der Waals surface area contributed by atoms with E-state index in [2.05, 4.69) is 0 Å². The maximum atomic E-state index is 9.64. The Morgan fingerprint density at radius 2 is 1.88 bits per heavy atom. The summed E-state index contributed by atoms with van der Waals surface area (Å²) in [7, 11) is 0. The summed E-state index contributed by atoms with van der Waals surface area (Å²) in [5, 5.41) is 9.64. The predicted octanol–water partition coefficient (Wildman–Crippen LogP) is 1.48. The molecule has 3 N–H and O–H groups in total. The topological polar surface area (TPSA) is 55.5 Å². The number of nitrogens with two attached hydrogens (primary N) is 1. The number of aliphatic hydroxyl groups excluding tert-OH is 1. The summed E-state index contributed by atoms with van der Waals surface area (Å²) in [4.78, 5) is 0. The van der Waals surface area contributed by atoms with Crippen LogP contribution in [0.4, 0.5) is 0 Å². The first-order valence-corrected chi connectivity index (χ1v) is 5.78. The van der Waals surface area contributed by atoms with Crippen LogP contribution in [0.2, 0.25) is 0 Å². The van der Waals surface area contributed by atoms with Gasteiger partial charge < -0.3 is 15.6 Å². The number of ether oxygens (including phenoxy) is 1. The molecule has 0 aliphatic carbocycles. The van der Waals surface area contributed by atoms with E-state index in [1.54, 1.807) is 0 Å². The third-order valence-electron chi connectivity index (χ3n) is 3.62. The van der Waals surface area contributed by atoms with E-state index >= 15 is 0 Å². The zero-order chi connectivity index (χ0) is 11.4. The lowest BCUT2D eigenvalue weighted by Gasteiger charge is -2.40. The quantitative estimate of drug-likeness (QED) is 0.812. The molecule has 3 nitrogen and oxygen atoms in total. The Morgan fingerprint density at radius 3 is 2.44 bits per heavy atom. The van der Waals surface area contributed by atoms with Gasteiger partial charge in [-0.15, -0.1) is 0 Å². The monoisotopic (exact) mass is 221 g/mol. The van der Waals surface area contributed by atoms with Gasteiger partial charge >= 0.3 is 0 Å². The Kier molecular flexibility index (Phi) is 3.59. The second-order valence-electron chi connectivity index (χ2n) is 4.52. The summed E-state index contributed by atoms with van der Waals surface area (Å²) in [6, 6.07) is 9.89. The van der Waals surface area contributed by atoms with Gasteiger partial charge in [0, 0.05) is 24.7 Å². The summed E-state index contributed by atoms with van der Waals surface area (Å²) < 4.78 is 5.35. The van der Waals surface area contributed by atoms with Crippen LogP contribution in [0, 0.1) is 5.41 Å². The molecular weight excluding hydrogens is 202 g/mol. The molecule has 0 radical (unpaired) electrons. The van der Waals surface area contributed by atoms with Crippen molar-refractivity contribution in [2.24, 2.45) is 11.1 Å². The molecule has 0 aromatic heterocycles. The lowest BCUT2D eigenvalue weighted by molar-refractivity contribution is -0.0309. The van der Waals surface area contributed by atoms with E-state index in [0.29, 0.717) is 13.2 Å². The molecule has 88 valence electrons. The van der Waals surface area contributed by atoms with E-state index in [1.807, 2.05) is 30.3 Å². The molecule has 0 spiro atoms. The van der Waals surface area contributed by atoms with Gasteiger partial charge in [-0.3, -0.25) is 0 Å². The van der Waals surface area contributed by atoms with E-state index in [1.165, 1.54) is 0 Å². The fraction of sp³-hybridized carbons (Fsp3) is 0.538. The molecule has 1 saturated heterocycles. The SMILES string of the molecule is NC(c1ccccc1)C1(CO)CCOCC1. The minimum atomic E-state index is -0.209. The summed E-state index contributed by atoms with van der Waals surface area (Å²) in [5.41, 5.74) is 7.19. The number of rotatable bonds is 3. The molecule has 1 heterocycles. The summed E-state index contributed by atoms with van der Waals surface area (Å²) in [6.45, 7) is 1.52. The van der Waals surface area contributed by atoms with Crippen molar-refractivity contribution in [3.05, 3.63) is 35.9 Å². The van der Waals surface area contributed by atoms with E-state index < -0.39 is 0 Å². The molecule has 3 heteroatoms. The molecule has 1 aromatic carbocycles. The van der Waals surface area contributed by atoms with Crippen LogP contribution in [-0.4, -0.2) is 24.9 Å². The van der Waals surface area contributed by atoms with Gasteiger partial charge in [0.25, 0.3) is 0 Å². The fourth-order valence-corrected chi connectivity index (χ4v) is 2.36. The van der Waals surface area contributed by atoms with Gasteiger partial charge in [-0.25, -0.2) is 0 Å². The predicted molar refractivity (Wildman–Crippen MR) is 62.9 cm³/mol. The van der Waals surface area contributed by atoms with Gasteiger partial charge in [-0.2, -0.15) is 0 Å². The summed E-state index contributed by atoms with van der Waals surface area (Å²) in [5.74, 6) is 0. The Labute approximate surface area is 96.2 Å². The molecule has 1 atom stereocenters. The molecule has 0 bridgehead atoms. The number of hydrogen-bond donors (Lipinski definition) is 2. The van der Waals surface area contributed by atoms with Crippen molar-refractivity contribution in [1.82, 2.24) is 0 Å². The minimum absolute atomic E-state index is 0.109. The van der Waals surface area contributed by atoms with Crippen molar-refractivity contribution >= 4 is 0 Å². The smallest absolute Gasteiger partial charge is 0.0507 e. The van der Waals surface area contributed by atoms with E-state index in [4.69, 9.17) is 10.5 Å². The third kappa shape index (κ3) is 2.12. The first-order valence-electron chi connectivity index (χ1n) is 5.78. The first-order chi connectivity index (χ1) is 7.78. The zero-order valence-electron chi connectivity index (χ0n) is 9.43. The van der Waals surface area contributed by atoms with E-state index in [0.717, 1.165) is 18.4 Å². The summed E-state index contributed by atoms with van der Waals surface area (Å²) >= 11 is 0. The highest BCUT2D eigenvalue weighted by atomic mass is 16.5. The van der Waals surface area contributed by atoms with E-state index in [-0.39, 0.29) is 18.1 Å². The van der Waals surface area contributed by atoms with Gasteiger partial charge in [-0.05, 0) is 18.4 Å². The first kappa shape index (κ1) is 11.6. The highest BCUT2D eigenvalue weighted by Gasteiger charge is 2.38. The van der Waals surface area contributed by atoms with Crippen LogP contribution < -0.4 is 5.73 Å². The molecule has 0 saturated carbocycles. The van der Waals surface area contributed by atoms with Crippen LogP contribution in [-0.2, 0) is 4.74 Å². The van der Waals surface area contributed by atoms with Gasteiger partial charge in [0.1, 0.15) is 0 Å². The lowest BCUT2D eigenvalue weighted by atomic mass is 9.72. The van der Waals surface area contributed by atoms with Gasteiger partial charge in [0.15, 0.2) is 0 Å². The van der Waals surface area contributed by atoms with Crippen molar-refractivity contribution in [2.45, 2.75) is 18.9 Å². The Morgan fingerprint density at radius 1 is 1.25 bits per heavy atom. The largest absolute Gasteiger partial charge is 0.396 e. The Hall–Kier alpha value is -0.900. The molecule has 0 amide bonds. The normalized spacial score (nSPS) is 21.6. The lowest BCUT2D eigenvalue weighted by Crippen LogP contribution is -2.42. The molecule has 1 fully saturated rings. The maximum Gasteiger partial charge on any atom is 0.0507 e. The standard InChI is InChI=1S/C13H19NO2/c14-12(11-4-2-1-3-5-11)13(10-15)6-8-16-9-7-13/h1-5,12,15H,6-10,14H2. The average molecular weight is 221 g/mol.